The molecule has 130 valence electrons. The van der Waals surface area contributed by atoms with Gasteiger partial charge < -0.3 is 9.84 Å². The molecular weight excluding hydrogens is 326 g/mol. The molecule has 0 spiro atoms. The van der Waals surface area contributed by atoms with E-state index in [0.717, 1.165) is 5.56 Å². The van der Waals surface area contributed by atoms with Gasteiger partial charge in [-0.2, -0.15) is 0 Å². The zero-order valence-electron chi connectivity index (χ0n) is 14.3. The van der Waals surface area contributed by atoms with E-state index in [9.17, 15) is 13.5 Å². The number of hydrogen-bond donors (Lipinski definition) is 2. The van der Waals surface area contributed by atoms with E-state index in [0.29, 0.717) is 22.4 Å². The Bertz CT molecular complexity index is 808. The van der Waals surface area contributed by atoms with Crippen LogP contribution in [0.2, 0.25) is 0 Å². The van der Waals surface area contributed by atoms with Gasteiger partial charge in [0.2, 0.25) is 10.0 Å². The van der Waals surface area contributed by atoms with Crippen LogP contribution in [0.25, 0.3) is 0 Å². The summed E-state index contributed by atoms with van der Waals surface area (Å²) in [5.74, 6) is 0.611. The highest BCUT2D eigenvalue weighted by Gasteiger charge is 2.21. The Morgan fingerprint density at radius 3 is 2.33 bits per heavy atom. The van der Waals surface area contributed by atoms with Gasteiger partial charge in [0.1, 0.15) is 5.75 Å². The molecule has 0 bridgehead atoms. The third-order valence-corrected chi connectivity index (χ3v) is 5.55. The third-order valence-electron chi connectivity index (χ3n) is 3.82. The molecule has 1 atom stereocenters. The van der Waals surface area contributed by atoms with E-state index in [1.54, 1.807) is 38.1 Å². The number of aliphatic hydroxyl groups excluding tert-OH is 1. The van der Waals surface area contributed by atoms with Crippen molar-refractivity contribution in [1.29, 1.82) is 0 Å². The fourth-order valence-electron chi connectivity index (χ4n) is 2.82. The third kappa shape index (κ3) is 4.14. The standard InChI is InChI=1S/C18H23NO4S/c1-12-8-13(2)18(14(3)9-12)24(21,22)19-11-17(20)15-6-5-7-16(10-15)23-4/h5-10,17,19-20H,11H2,1-4H3. The van der Waals surface area contributed by atoms with Gasteiger partial charge in [0.05, 0.1) is 18.1 Å². The van der Waals surface area contributed by atoms with E-state index in [2.05, 4.69) is 4.72 Å². The van der Waals surface area contributed by atoms with Crippen LogP contribution < -0.4 is 9.46 Å². The van der Waals surface area contributed by atoms with Gasteiger partial charge in [-0.3, -0.25) is 0 Å². The molecule has 0 saturated carbocycles. The van der Waals surface area contributed by atoms with Crippen molar-refractivity contribution in [2.24, 2.45) is 0 Å². The van der Waals surface area contributed by atoms with Crippen LogP contribution in [0.15, 0.2) is 41.3 Å². The van der Waals surface area contributed by atoms with Crippen molar-refractivity contribution in [1.82, 2.24) is 4.72 Å². The Kier molecular flexibility index (Phi) is 5.64. The molecule has 0 radical (unpaired) electrons. The molecule has 0 aliphatic heterocycles. The monoisotopic (exact) mass is 349 g/mol. The number of benzene rings is 2. The first-order valence-corrected chi connectivity index (χ1v) is 9.12. The molecule has 1 unspecified atom stereocenters. The molecule has 0 heterocycles. The maximum atomic E-state index is 12.6. The fourth-order valence-corrected chi connectivity index (χ4v) is 4.31. The van der Waals surface area contributed by atoms with Crippen molar-refractivity contribution in [3.63, 3.8) is 0 Å². The number of nitrogens with one attached hydrogen (secondary N) is 1. The summed E-state index contributed by atoms with van der Waals surface area (Å²) in [6, 6.07) is 10.6. The molecule has 2 aromatic rings. The maximum absolute atomic E-state index is 12.6. The zero-order valence-corrected chi connectivity index (χ0v) is 15.1. The van der Waals surface area contributed by atoms with Crippen molar-refractivity contribution in [3.8, 4) is 5.75 Å². The summed E-state index contributed by atoms with van der Waals surface area (Å²) in [7, 11) is -2.16. The summed E-state index contributed by atoms with van der Waals surface area (Å²) < 4.78 is 32.8. The van der Waals surface area contributed by atoms with Crippen LogP contribution >= 0.6 is 0 Å². The molecule has 0 fully saturated rings. The summed E-state index contributed by atoms with van der Waals surface area (Å²) in [4.78, 5) is 0.269. The lowest BCUT2D eigenvalue weighted by Gasteiger charge is -2.16. The average molecular weight is 349 g/mol. The summed E-state index contributed by atoms with van der Waals surface area (Å²) in [6.07, 6.45) is -0.957. The van der Waals surface area contributed by atoms with Gasteiger partial charge in [-0.15, -0.1) is 0 Å². The maximum Gasteiger partial charge on any atom is 0.241 e. The smallest absolute Gasteiger partial charge is 0.241 e. The van der Waals surface area contributed by atoms with Crippen LogP contribution in [0.1, 0.15) is 28.4 Å². The number of hydrogen-bond acceptors (Lipinski definition) is 4. The Hall–Kier alpha value is -1.89. The van der Waals surface area contributed by atoms with Crippen molar-refractivity contribution in [2.45, 2.75) is 31.8 Å². The van der Waals surface area contributed by atoms with Crippen LogP contribution in [0.3, 0.4) is 0 Å². The van der Waals surface area contributed by atoms with Gasteiger partial charge in [-0.05, 0) is 49.6 Å². The van der Waals surface area contributed by atoms with Crippen molar-refractivity contribution < 1.29 is 18.3 Å². The van der Waals surface area contributed by atoms with E-state index < -0.39 is 16.1 Å². The highest BCUT2D eigenvalue weighted by molar-refractivity contribution is 7.89. The second-order valence-corrected chi connectivity index (χ2v) is 7.58. The average Bonchev–Trinajstić information content (AvgIpc) is 2.51. The predicted molar refractivity (Wildman–Crippen MR) is 93.8 cm³/mol. The largest absolute Gasteiger partial charge is 0.497 e. The number of aryl methyl sites for hydroxylation is 3. The van der Waals surface area contributed by atoms with Gasteiger partial charge in [-0.1, -0.05) is 29.8 Å². The minimum Gasteiger partial charge on any atom is -0.497 e. The number of rotatable bonds is 6. The predicted octanol–water partition coefficient (Wildman–Crippen LogP) is 2.63. The van der Waals surface area contributed by atoms with Crippen LogP contribution in [0.5, 0.6) is 5.75 Å². The summed E-state index contributed by atoms with van der Waals surface area (Å²) in [5.41, 5.74) is 2.99. The van der Waals surface area contributed by atoms with Gasteiger partial charge in [0.25, 0.3) is 0 Å². The van der Waals surface area contributed by atoms with Gasteiger partial charge in [0.15, 0.2) is 0 Å². The summed E-state index contributed by atoms with van der Waals surface area (Å²) in [5, 5.41) is 10.3. The zero-order chi connectivity index (χ0) is 17.9. The van der Waals surface area contributed by atoms with E-state index in [-0.39, 0.29) is 11.4 Å². The SMILES string of the molecule is COc1cccc(C(O)CNS(=O)(=O)c2c(C)cc(C)cc2C)c1. The second-order valence-electron chi connectivity index (χ2n) is 5.87. The first-order valence-electron chi connectivity index (χ1n) is 7.64. The van der Waals surface area contributed by atoms with E-state index in [1.165, 1.54) is 7.11 Å². The van der Waals surface area contributed by atoms with Crippen molar-refractivity contribution in [3.05, 3.63) is 58.7 Å². The van der Waals surface area contributed by atoms with E-state index in [1.807, 2.05) is 19.1 Å². The molecule has 2 N–H and O–H groups in total. The highest BCUT2D eigenvalue weighted by Crippen LogP contribution is 2.23. The molecule has 0 saturated heterocycles. The van der Waals surface area contributed by atoms with Crippen LogP contribution in [0, 0.1) is 20.8 Å². The Morgan fingerprint density at radius 2 is 1.75 bits per heavy atom. The molecule has 0 aliphatic carbocycles. The van der Waals surface area contributed by atoms with E-state index in [4.69, 9.17) is 4.74 Å². The molecule has 0 amide bonds. The molecule has 5 nitrogen and oxygen atoms in total. The van der Waals surface area contributed by atoms with Crippen LogP contribution in [-0.2, 0) is 10.0 Å². The number of aliphatic hydroxyl groups is 1. The Balaban J connectivity index is 2.18. The minimum absolute atomic E-state index is 0.109. The van der Waals surface area contributed by atoms with Gasteiger partial charge in [0, 0.05) is 6.54 Å². The normalized spacial score (nSPS) is 12.9. The lowest BCUT2D eigenvalue weighted by atomic mass is 10.1. The lowest BCUT2D eigenvalue weighted by Crippen LogP contribution is -2.29. The molecule has 2 rings (SSSR count). The topological polar surface area (TPSA) is 75.6 Å². The molecule has 24 heavy (non-hydrogen) atoms. The van der Waals surface area contributed by atoms with Gasteiger partial charge in [-0.25, -0.2) is 13.1 Å². The summed E-state index contributed by atoms with van der Waals surface area (Å²) in [6.45, 7) is 5.36. The molecule has 0 aromatic heterocycles. The number of ether oxygens (including phenoxy) is 1. The quantitative estimate of drug-likeness (QED) is 0.841. The molecule has 6 heteroatoms. The fraction of sp³-hybridized carbons (Fsp3) is 0.333. The van der Waals surface area contributed by atoms with Crippen LogP contribution in [0.4, 0.5) is 0 Å². The van der Waals surface area contributed by atoms with Crippen molar-refractivity contribution in [2.75, 3.05) is 13.7 Å². The Morgan fingerprint density at radius 1 is 1.12 bits per heavy atom. The minimum atomic E-state index is -3.70. The second kappa shape index (κ2) is 7.34. The summed E-state index contributed by atoms with van der Waals surface area (Å²) >= 11 is 0. The van der Waals surface area contributed by atoms with E-state index >= 15 is 0 Å². The molecule has 0 aliphatic rings. The Labute approximate surface area is 143 Å². The molecule has 2 aromatic carbocycles. The van der Waals surface area contributed by atoms with Crippen molar-refractivity contribution >= 4 is 10.0 Å². The van der Waals surface area contributed by atoms with Crippen LogP contribution in [-0.4, -0.2) is 27.2 Å². The first kappa shape index (κ1) is 18.4. The lowest BCUT2D eigenvalue weighted by molar-refractivity contribution is 0.181. The molecular formula is C18H23NO4S. The number of methoxy groups -OCH3 is 1. The van der Waals surface area contributed by atoms with Gasteiger partial charge >= 0.3 is 0 Å². The number of sulfonamides is 1. The highest BCUT2D eigenvalue weighted by atomic mass is 32.2. The first-order chi connectivity index (χ1) is 11.2.